The van der Waals surface area contributed by atoms with Crippen LogP contribution in [0.4, 0.5) is 5.69 Å². The van der Waals surface area contributed by atoms with Crippen molar-refractivity contribution in [3.8, 4) is 0 Å². The van der Waals surface area contributed by atoms with Crippen molar-refractivity contribution in [2.75, 3.05) is 12.3 Å². The molecule has 2 N–H and O–H groups in total. The Morgan fingerprint density at radius 2 is 2.11 bits per heavy atom. The van der Waals surface area contributed by atoms with Crippen molar-refractivity contribution in [1.82, 2.24) is 19.7 Å². The molecule has 1 aromatic carbocycles. The van der Waals surface area contributed by atoms with Gasteiger partial charge in [-0.2, -0.15) is 5.10 Å². The molecular formula is C14H21N5. The highest BCUT2D eigenvalue weighted by Crippen LogP contribution is 2.11. The maximum atomic E-state index is 5.81. The molecule has 0 bridgehead atoms. The fourth-order valence-electron chi connectivity index (χ4n) is 2.10. The molecule has 5 nitrogen and oxygen atoms in total. The van der Waals surface area contributed by atoms with E-state index in [9.17, 15) is 0 Å². The van der Waals surface area contributed by atoms with Crippen LogP contribution in [0.3, 0.4) is 0 Å². The van der Waals surface area contributed by atoms with Crippen molar-refractivity contribution in [3.63, 3.8) is 0 Å². The van der Waals surface area contributed by atoms with Crippen molar-refractivity contribution in [3.05, 3.63) is 42.0 Å². The number of anilines is 1. The average Bonchev–Trinajstić information content (AvgIpc) is 2.85. The molecule has 0 radical (unpaired) electrons. The van der Waals surface area contributed by atoms with Crippen molar-refractivity contribution < 1.29 is 0 Å². The summed E-state index contributed by atoms with van der Waals surface area (Å²) >= 11 is 0. The van der Waals surface area contributed by atoms with Crippen LogP contribution < -0.4 is 5.73 Å². The molecule has 5 heteroatoms. The Kier molecular flexibility index (Phi) is 4.52. The molecule has 1 heterocycles. The summed E-state index contributed by atoms with van der Waals surface area (Å²) in [7, 11) is 0. The molecule has 2 rings (SSSR count). The van der Waals surface area contributed by atoms with Crippen LogP contribution in [-0.2, 0) is 19.6 Å². The van der Waals surface area contributed by atoms with Gasteiger partial charge in [0.15, 0.2) is 0 Å². The maximum absolute atomic E-state index is 5.81. The standard InChI is InChI=1S/C14H21N5/c1-3-18(9-12-6-5-7-13(15)8-12)10-14-16-11-17-19(14)4-2/h5-8,11H,3-4,9-10,15H2,1-2H3. The van der Waals surface area contributed by atoms with Crippen LogP contribution in [-0.4, -0.2) is 26.2 Å². The monoisotopic (exact) mass is 259 g/mol. The Hall–Kier alpha value is -1.88. The predicted molar refractivity (Wildman–Crippen MR) is 76.3 cm³/mol. The first-order valence-corrected chi connectivity index (χ1v) is 6.66. The van der Waals surface area contributed by atoms with Gasteiger partial charge < -0.3 is 5.73 Å². The third kappa shape index (κ3) is 3.54. The first-order chi connectivity index (χ1) is 9.22. The van der Waals surface area contributed by atoms with Crippen LogP contribution in [0, 0.1) is 0 Å². The second-order valence-corrected chi connectivity index (χ2v) is 4.54. The summed E-state index contributed by atoms with van der Waals surface area (Å²) < 4.78 is 1.93. The summed E-state index contributed by atoms with van der Waals surface area (Å²) in [5.41, 5.74) is 7.85. The molecule has 0 aliphatic rings. The fourth-order valence-corrected chi connectivity index (χ4v) is 2.10. The highest BCUT2D eigenvalue weighted by atomic mass is 15.3. The van der Waals surface area contributed by atoms with E-state index in [1.165, 1.54) is 5.56 Å². The van der Waals surface area contributed by atoms with Gasteiger partial charge in [0.05, 0.1) is 6.54 Å². The van der Waals surface area contributed by atoms with E-state index >= 15 is 0 Å². The van der Waals surface area contributed by atoms with Gasteiger partial charge in [-0.05, 0) is 31.2 Å². The van der Waals surface area contributed by atoms with Crippen LogP contribution in [0.5, 0.6) is 0 Å². The number of nitrogens with two attached hydrogens (primary N) is 1. The van der Waals surface area contributed by atoms with Gasteiger partial charge >= 0.3 is 0 Å². The third-order valence-electron chi connectivity index (χ3n) is 3.16. The van der Waals surface area contributed by atoms with Gasteiger partial charge in [0.1, 0.15) is 12.2 Å². The topological polar surface area (TPSA) is 60.0 Å². The van der Waals surface area contributed by atoms with Gasteiger partial charge in [0.25, 0.3) is 0 Å². The van der Waals surface area contributed by atoms with Crippen molar-refractivity contribution >= 4 is 5.69 Å². The summed E-state index contributed by atoms with van der Waals surface area (Å²) in [6, 6.07) is 8.03. The van der Waals surface area contributed by atoms with Crippen molar-refractivity contribution in [2.45, 2.75) is 33.5 Å². The lowest BCUT2D eigenvalue weighted by Gasteiger charge is -2.20. The number of aromatic nitrogens is 3. The van der Waals surface area contributed by atoms with E-state index in [4.69, 9.17) is 5.73 Å². The molecule has 102 valence electrons. The van der Waals surface area contributed by atoms with E-state index in [2.05, 4.69) is 34.9 Å². The molecule has 0 unspecified atom stereocenters. The van der Waals surface area contributed by atoms with E-state index in [-0.39, 0.29) is 0 Å². The van der Waals surface area contributed by atoms with E-state index in [1.807, 2.05) is 22.9 Å². The van der Waals surface area contributed by atoms with Gasteiger partial charge in [0.2, 0.25) is 0 Å². The van der Waals surface area contributed by atoms with E-state index in [1.54, 1.807) is 6.33 Å². The molecule has 0 atom stereocenters. The van der Waals surface area contributed by atoms with Gasteiger partial charge in [-0.3, -0.25) is 4.90 Å². The Balaban J connectivity index is 2.04. The maximum Gasteiger partial charge on any atom is 0.141 e. The molecule has 0 amide bonds. The highest BCUT2D eigenvalue weighted by Gasteiger charge is 2.09. The predicted octanol–water partition coefficient (Wildman–Crippen LogP) is 1.90. The summed E-state index contributed by atoms with van der Waals surface area (Å²) in [5.74, 6) is 1.01. The number of hydrogen-bond acceptors (Lipinski definition) is 4. The first-order valence-electron chi connectivity index (χ1n) is 6.66. The minimum Gasteiger partial charge on any atom is -0.399 e. The molecule has 0 aliphatic carbocycles. The molecule has 1 aromatic heterocycles. The van der Waals surface area contributed by atoms with Gasteiger partial charge in [-0.25, -0.2) is 9.67 Å². The lowest BCUT2D eigenvalue weighted by Crippen LogP contribution is -2.24. The zero-order valence-corrected chi connectivity index (χ0v) is 11.6. The van der Waals surface area contributed by atoms with E-state index in [0.29, 0.717) is 0 Å². The van der Waals surface area contributed by atoms with Gasteiger partial charge in [-0.15, -0.1) is 0 Å². The molecule has 0 saturated carbocycles. The second-order valence-electron chi connectivity index (χ2n) is 4.54. The molecule has 0 fully saturated rings. The number of benzene rings is 1. The molecule has 0 saturated heterocycles. The molecule has 0 aliphatic heterocycles. The highest BCUT2D eigenvalue weighted by molar-refractivity contribution is 5.40. The van der Waals surface area contributed by atoms with E-state index in [0.717, 1.165) is 37.7 Å². The van der Waals surface area contributed by atoms with Crippen LogP contribution in [0.1, 0.15) is 25.2 Å². The minimum atomic E-state index is 0.805. The molecular weight excluding hydrogens is 238 g/mol. The molecule has 0 spiro atoms. The normalized spacial score (nSPS) is 11.1. The third-order valence-corrected chi connectivity index (χ3v) is 3.16. The number of nitrogen functional groups attached to an aromatic ring is 1. The lowest BCUT2D eigenvalue weighted by molar-refractivity contribution is 0.259. The average molecular weight is 259 g/mol. The van der Waals surface area contributed by atoms with E-state index < -0.39 is 0 Å². The Morgan fingerprint density at radius 1 is 1.26 bits per heavy atom. The fraction of sp³-hybridized carbons (Fsp3) is 0.429. The minimum absolute atomic E-state index is 0.805. The van der Waals surface area contributed by atoms with Gasteiger partial charge in [0, 0.05) is 18.8 Å². The molecule has 2 aromatic rings. The number of nitrogens with zero attached hydrogens (tertiary/aromatic N) is 4. The largest absolute Gasteiger partial charge is 0.399 e. The van der Waals surface area contributed by atoms with Crippen LogP contribution in [0.2, 0.25) is 0 Å². The summed E-state index contributed by atoms with van der Waals surface area (Å²) in [4.78, 5) is 6.64. The first kappa shape index (κ1) is 13.5. The van der Waals surface area contributed by atoms with Crippen LogP contribution in [0.15, 0.2) is 30.6 Å². The number of hydrogen-bond donors (Lipinski definition) is 1. The van der Waals surface area contributed by atoms with Crippen LogP contribution in [0.25, 0.3) is 0 Å². The summed E-state index contributed by atoms with van der Waals surface area (Å²) in [5, 5.41) is 4.20. The lowest BCUT2D eigenvalue weighted by atomic mass is 10.2. The van der Waals surface area contributed by atoms with Crippen LogP contribution >= 0.6 is 0 Å². The number of aryl methyl sites for hydroxylation is 1. The Labute approximate surface area is 114 Å². The SMILES string of the molecule is CCN(Cc1cccc(N)c1)Cc1ncnn1CC. The smallest absolute Gasteiger partial charge is 0.141 e. The van der Waals surface area contributed by atoms with Crippen molar-refractivity contribution in [1.29, 1.82) is 0 Å². The number of rotatable bonds is 6. The second kappa shape index (κ2) is 6.33. The zero-order chi connectivity index (χ0) is 13.7. The van der Waals surface area contributed by atoms with Gasteiger partial charge in [-0.1, -0.05) is 19.1 Å². The van der Waals surface area contributed by atoms with Crippen molar-refractivity contribution in [2.24, 2.45) is 0 Å². The molecule has 19 heavy (non-hydrogen) atoms. The Bertz CT molecular complexity index is 520. The zero-order valence-electron chi connectivity index (χ0n) is 11.6. The quantitative estimate of drug-likeness (QED) is 0.805. The summed E-state index contributed by atoms with van der Waals surface area (Å²) in [6.07, 6.45) is 1.62. The summed E-state index contributed by atoms with van der Waals surface area (Å²) in [6.45, 7) is 7.72. The Morgan fingerprint density at radius 3 is 2.79 bits per heavy atom.